The van der Waals surface area contributed by atoms with Gasteiger partial charge in [-0.15, -0.1) is 0 Å². The fourth-order valence-electron chi connectivity index (χ4n) is 0.682. The van der Waals surface area contributed by atoms with Gasteiger partial charge >= 0.3 is 5.97 Å². The van der Waals surface area contributed by atoms with Crippen molar-refractivity contribution >= 4 is 49.4 Å². The van der Waals surface area contributed by atoms with Gasteiger partial charge in [0.05, 0.1) is 21.1 Å². The molecule has 1 heterocycles. The third-order valence-electron chi connectivity index (χ3n) is 1.30. The van der Waals surface area contributed by atoms with Crippen LogP contribution in [0.2, 0.25) is 5.02 Å². The molecule has 0 saturated heterocycles. The lowest BCUT2D eigenvalue weighted by Gasteiger charge is -2.03. The first-order valence-corrected chi connectivity index (χ1v) is 5.12. The van der Waals surface area contributed by atoms with Crippen molar-refractivity contribution in [2.75, 3.05) is 7.11 Å². The first-order valence-electron chi connectivity index (χ1n) is 3.15. The van der Waals surface area contributed by atoms with E-state index in [-0.39, 0.29) is 5.69 Å². The summed E-state index contributed by atoms with van der Waals surface area (Å²) in [5.74, 6) is -0.527. The summed E-state index contributed by atoms with van der Waals surface area (Å²) in [4.78, 5) is 15.0. The van der Waals surface area contributed by atoms with Crippen molar-refractivity contribution in [1.82, 2.24) is 4.98 Å². The zero-order valence-electron chi connectivity index (χ0n) is 6.47. The molecule has 0 aromatic carbocycles. The van der Waals surface area contributed by atoms with Crippen LogP contribution in [0.15, 0.2) is 15.1 Å². The van der Waals surface area contributed by atoms with Crippen molar-refractivity contribution in [3.05, 3.63) is 25.9 Å². The molecule has 0 N–H and O–H groups in total. The summed E-state index contributed by atoms with van der Waals surface area (Å²) in [6.45, 7) is 0. The highest BCUT2D eigenvalue weighted by molar-refractivity contribution is 9.11. The number of carbonyl (C=O) groups excluding carboxylic acids is 1. The summed E-state index contributed by atoms with van der Waals surface area (Å²) in [5.41, 5.74) is 0.163. The van der Waals surface area contributed by atoms with Crippen molar-refractivity contribution in [3.63, 3.8) is 0 Å². The summed E-state index contributed by atoms with van der Waals surface area (Å²) in [5, 5.41) is 0.399. The van der Waals surface area contributed by atoms with E-state index in [0.717, 1.165) is 0 Å². The number of hydrogen-bond donors (Lipinski definition) is 0. The number of esters is 1. The number of ether oxygens (including phenoxy) is 1. The summed E-state index contributed by atoms with van der Waals surface area (Å²) in [7, 11) is 1.28. The van der Waals surface area contributed by atoms with Crippen molar-refractivity contribution in [2.24, 2.45) is 0 Å². The molecule has 6 heteroatoms. The fourth-order valence-corrected chi connectivity index (χ4v) is 1.87. The Balaban J connectivity index is 3.26. The van der Waals surface area contributed by atoms with Gasteiger partial charge in [0, 0.05) is 6.20 Å². The summed E-state index contributed by atoms with van der Waals surface area (Å²) < 4.78 is 5.55. The van der Waals surface area contributed by atoms with Crippen molar-refractivity contribution in [1.29, 1.82) is 0 Å². The second kappa shape index (κ2) is 4.39. The van der Waals surface area contributed by atoms with E-state index in [2.05, 4.69) is 41.6 Å². The number of carbonyl (C=O) groups is 1. The second-order valence-electron chi connectivity index (χ2n) is 2.07. The molecule has 0 fully saturated rings. The van der Waals surface area contributed by atoms with Gasteiger partial charge in [-0.25, -0.2) is 9.78 Å². The van der Waals surface area contributed by atoms with Gasteiger partial charge in [0.2, 0.25) is 0 Å². The van der Waals surface area contributed by atoms with Crippen LogP contribution in [0, 0.1) is 0 Å². The maximum atomic E-state index is 11.1. The molecule has 1 aromatic heterocycles. The van der Waals surface area contributed by atoms with E-state index in [0.29, 0.717) is 14.0 Å². The van der Waals surface area contributed by atoms with Crippen LogP contribution < -0.4 is 0 Å². The first kappa shape index (κ1) is 10.9. The second-order valence-corrected chi connectivity index (χ2v) is 4.10. The zero-order valence-corrected chi connectivity index (χ0v) is 10.4. The quantitative estimate of drug-likeness (QED) is 0.744. The molecule has 70 valence electrons. The normalized spacial score (nSPS) is 9.85. The lowest BCUT2D eigenvalue weighted by atomic mass is 10.3. The van der Waals surface area contributed by atoms with E-state index in [1.165, 1.54) is 13.3 Å². The Morgan fingerprint density at radius 3 is 2.77 bits per heavy atom. The maximum Gasteiger partial charge on any atom is 0.357 e. The minimum atomic E-state index is -0.527. The van der Waals surface area contributed by atoms with Gasteiger partial charge in [0.25, 0.3) is 0 Å². The standard InChI is InChI=1S/C7H4Br2ClNO2/c1-13-7(12)6-4(9)5(10)3(8)2-11-6/h2H,1H3. The first-order chi connectivity index (χ1) is 6.07. The number of nitrogens with zero attached hydrogens (tertiary/aromatic N) is 1. The molecule has 0 atom stereocenters. The van der Waals surface area contributed by atoms with Crippen LogP contribution in [0.4, 0.5) is 0 Å². The summed E-state index contributed by atoms with van der Waals surface area (Å²) in [6.07, 6.45) is 1.44. The van der Waals surface area contributed by atoms with E-state index < -0.39 is 5.97 Å². The van der Waals surface area contributed by atoms with E-state index >= 15 is 0 Å². The molecule has 0 bridgehead atoms. The average molecular weight is 329 g/mol. The number of halogens is 3. The van der Waals surface area contributed by atoms with E-state index in [1.54, 1.807) is 0 Å². The minimum Gasteiger partial charge on any atom is -0.464 e. The average Bonchev–Trinajstić information content (AvgIpc) is 2.13. The lowest BCUT2D eigenvalue weighted by Crippen LogP contribution is -2.05. The molecule has 0 amide bonds. The predicted molar refractivity (Wildman–Crippen MR) is 56.0 cm³/mol. The highest BCUT2D eigenvalue weighted by Crippen LogP contribution is 2.31. The van der Waals surface area contributed by atoms with Crippen LogP contribution in [0.5, 0.6) is 0 Å². The van der Waals surface area contributed by atoms with Crippen molar-refractivity contribution in [3.8, 4) is 0 Å². The van der Waals surface area contributed by atoms with Crippen LogP contribution in [-0.4, -0.2) is 18.1 Å². The lowest BCUT2D eigenvalue weighted by molar-refractivity contribution is 0.0593. The Labute approximate surface area is 96.7 Å². The number of aromatic nitrogens is 1. The van der Waals surface area contributed by atoms with Crippen LogP contribution in [0.25, 0.3) is 0 Å². The largest absolute Gasteiger partial charge is 0.464 e. The molecule has 3 nitrogen and oxygen atoms in total. The van der Waals surface area contributed by atoms with Gasteiger partial charge in [0.15, 0.2) is 5.69 Å². The van der Waals surface area contributed by atoms with Gasteiger partial charge in [-0.1, -0.05) is 11.6 Å². The minimum absolute atomic E-state index is 0.163. The van der Waals surface area contributed by atoms with Crippen molar-refractivity contribution < 1.29 is 9.53 Å². The molecule has 0 aliphatic rings. The Morgan fingerprint density at radius 2 is 2.23 bits per heavy atom. The van der Waals surface area contributed by atoms with Gasteiger partial charge in [-0.2, -0.15) is 0 Å². The molecule has 0 unspecified atom stereocenters. The highest BCUT2D eigenvalue weighted by atomic mass is 79.9. The third-order valence-corrected chi connectivity index (χ3v) is 3.52. The van der Waals surface area contributed by atoms with Crippen LogP contribution in [0.3, 0.4) is 0 Å². The predicted octanol–water partition coefficient (Wildman–Crippen LogP) is 3.05. The topological polar surface area (TPSA) is 39.2 Å². The van der Waals surface area contributed by atoms with E-state index in [1.807, 2.05) is 0 Å². The molecular formula is C7H4Br2ClNO2. The number of methoxy groups -OCH3 is 1. The van der Waals surface area contributed by atoms with Gasteiger partial charge < -0.3 is 4.74 Å². The Hall–Kier alpha value is -0.130. The van der Waals surface area contributed by atoms with E-state index in [4.69, 9.17) is 11.6 Å². The molecule has 0 radical (unpaired) electrons. The Bertz CT molecular complexity index is 357. The van der Waals surface area contributed by atoms with Gasteiger partial charge in [0.1, 0.15) is 0 Å². The SMILES string of the molecule is COC(=O)c1ncc(Br)c(Cl)c1Br. The van der Waals surface area contributed by atoms with Crippen LogP contribution in [0.1, 0.15) is 10.5 Å². The Kier molecular flexibility index (Phi) is 3.70. The molecule has 0 aliphatic heterocycles. The monoisotopic (exact) mass is 327 g/mol. The smallest absolute Gasteiger partial charge is 0.357 e. The third kappa shape index (κ3) is 2.21. The Morgan fingerprint density at radius 1 is 1.62 bits per heavy atom. The molecular weight excluding hydrogens is 325 g/mol. The zero-order chi connectivity index (χ0) is 10.0. The summed E-state index contributed by atoms with van der Waals surface area (Å²) >= 11 is 12.2. The van der Waals surface area contributed by atoms with E-state index in [9.17, 15) is 4.79 Å². The number of pyridine rings is 1. The van der Waals surface area contributed by atoms with Crippen molar-refractivity contribution in [2.45, 2.75) is 0 Å². The molecule has 13 heavy (non-hydrogen) atoms. The fraction of sp³-hybridized carbons (Fsp3) is 0.143. The number of rotatable bonds is 1. The number of hydrogen-bond acceptors (Lipinski definition) is 3. The van der Waals surface area contributed by atoms with Crippen LogP contribution in [-0.2, 0) is 4.74 Å². The highest BCUT2D eigenvalue weighted by Gasteiger charge is 2.16. The maximum absolute atomic E-state index is 11.1. The molecule has 0 saturated carbocycles. The molecule has 1 aromatic rings. The van der Waals surface area contributed by atoms with Crippen LogP contribution >= 0.6 is 43.5 Å². The van der Waals surface area contributed by atoms with Gasteiger partial charge in [-0.05, 0) is 31.9 Å². The molecule has 1 rings (SSSR count). The summed E-state index contributed by atoms with van der Waals surface area (Å²) in [6, 6.07) is 0. The molecule has 0 aliphatic carbocycles. The molecule has 0 spiro atoms. The van der Waals surface area contributed by atoms with Gasteiger partial charge in [-0.3, -0.25) is 0 Å².